The van der Waals surface area contributed by atoms with Crippen molar-refractivity contribution in [2.45, 2.75) is 24.9 Å². The maximum absolute atomic E-state index is 12.9. The number of carbonyl (C=O) groups is 1. The van der Waals surface area contributed by atoms with Crippen LogP contribution in [0.25, 0.3) is 22.5 Å². The number of amides is 1. The van der Waals surface area contributed by atoms with Crippen LogP contribution < -0.4 is 4.74 Å². The minimum Gasteiger partial charge on any atom is -0.469 e. The zero-order valence-electron chi connectivity index (χ0n) is 17.6. The van der Waals surface area contributed by atoms with Crippen LogP contribution in [0.1, 0.15) is 12.0 Å². The van der Waals surface area contributed by atoms with Crippen LogP contribution >= 0.6 is 11.6 Å². The van der Waals surface area contributed by atoms with E-state index in [0.717, 1.165) is 17.0 Å². The summed E-state index contributed by atoms with van der Waals surface area (Å²) >= 11 is 6.25. The smallest absolute Gasteiger partial charge is 0.416 e. The quantitative estimate of drug-likeness (QED) is 0.424. The summed E-state index contributed by atoms with van der Waals surface area (Å²) in [6, 6.07) is 5.88. The van der Waals surface area contributed by atoms with Crippen LogP contribution in [0, 0.1) is 0 Å². The van der Waals surface area contributed by atoms with Gasteiger partial charge in [-0.1, -0.05) is 23.7 Å². The van der Waals surface area contributed by atoms with Crippen molar-refractivity contribution in [2.75, 3.05) is 13.1 Å². The molecule has 1 aliphatic heterocycles. The van der Waals surface area contributed by atoms with E-state index in [2.05, 4.69) is 15.0 Å². The zero-order valence-corrected chi connectivity index (χ0v) is 18.3. The molecule has 6 nitrogen and oxygen atoms in total. The molecule has 4 rings (SSSR count). The molecule has 0 saturated carbocycles. The first-order chi connectivity index (χ1) is 16.4. The number of carbonyl (C=O) groups excluding carboxylic acids is 1. The van der Waals surface area contributed by atoms with E-state index in [4.69, 9.17) is 16.3 Å². The van der Waals surface area contributed by atoms with E-state index in [9.17, 15) is 31.1 Å². The summed E-state index contributed by atoms with van der Waals surface area (Å²) in [5.41, 5.74) is 0.346. The van der Waals surface area contributed by atoms with Gasteiger partial charge >= 0.3 is 12.4 Å². The van der Waals surface area contributed by atoms with Gasteiger partial charge in [-0.25, -0.2) is 9.97 Å². The summed E-state index contributed by atoms with van der Waals surface area (Å²) in [5, 5.41) is 0.208. The van der Waals surface area contributed by atoms with Crippen LogP contribution in [0.2, 0.25) is 5.02 Å². The predicted octanol–water partition coefficient (Wildman–Crippen LogP) is 5.42. The molecule has 0 atom stereocenters. The molecule has 1 fully saturated rings. The maximum Gasteiger partial charge on any atom is 0.416 e. The second-order valence-corrected chi connectivity index (χ2v) is 8.07. The Labute approximate surface area is 199 Å². The van der Waals surface area contributed by atoms with Gasteiger partial charge in [0.1, 0.15) is 18.2 Å². The van der Waals surface area contributed by atoms with Crippen LogP contribution in [0.5, 0.6) is 5.88 Å². The Morgan fingerprint density at radius 3 is 2.31 bits per heavy atom. The van der Waals surface area contributed by atoms with Crippen molar-refractivity contribution in [3.63, 3.8) is 0 Å². The monoisotopic (exact) mass is 516 g/mol. The summed E-state index contributed by atoms with van der Waals surface area (Å²) < 4.78 is 81.7. The number of halogens is 7. The molecule has 0 N–H and O–H groups in total. The van der Waals surface area contributed by atoms with Gasteiger partial charge in [0.2, 0.25) is 11.8 Å². The predicted molar refractivity (Wildman–Crippen MR) is 112 cm³/mol. The average Bonchev–Trinajstić information content (AvgIpc) is 2.74. The number of rotatable bonds is 5. The fourth-order valence-corrected chi connectivity index (χ4v) is 3.59. The largest absolute Gasteiger partial charge is 0.469 e. The average molecular weight is 517 g/mol. The molecule has 0 bridgehead atoms. The van der Waals surface area contributed by atoms with Gasteiger partial charge in [0, 0.05) is 23.5 Å². The molecule has 0 radical (unpaired) electrons. The van der Waals surface area contributed by atoms with E-state index < -0.39 is 36.3 Å². The summed E-state index contributed by atoms with van der Waals surface area (Å²) in [6.07, 6.45) is -7.20. The molecule has 13 heteroatoms. The summed E-state index contributed by atoms with van der Waals surface area (Å²) in [7, 11) is 0. The van der Waals surface area contributed by atoms with E-state index in [-0.39, 0.29) is 35.4 Å². The second-order valence-electron chi connectivity index (χ2n) is 7.67. The Hall–Kier alpha value is -3.41. The minimum absolute atomic E-state index is 0.0106. The van der Waals surface area contributed by atoms with E-state index in [1.807, 2.05) is 0 Å². The lowest BCUT2D eigenvalue weighted by Crippen LogP contribution is -2.56. The molecule has 0 spiro atoms. The first kappa shape index (κ1) is 24.7. The number of nitrogens with zero attached hydrogens (tertiary/aromatic N) is 4. The van der Waals surface area contributed by atoms with Crippen LogP contribution in [0.4, 0.5) is 26.3 Å². The van der Waals surface area contributed by atoms with Gasteiger partial charge in [-0.2, -0.15) is 26.3 Å². The maximum atomic E-state index is 12.9. The third-order valence-electron chi connectivity index (χ3n) is 5.10. The van der Waals surface area contributed by atoms with Crippen LogP contribution in [-0.2, 0) is 11.0 Å². The third-order valence-corrected chi connectivity index (χ3v) is 5.40. The van der Waals surface area contributed by atoms with Gasteiger partial charge in [0.05, 0.1) is 35.6 Å². The number of hydrogen-bond acceptors (Lipinski definition) is 5. The van der Waals surface area contributed by atoms with Crippen molar-refractivity contribution >= 4 is 17.5 Å². The molecule has 35 heavy (non-hydrogen) atoms. The molecule has 184 valence electrons. The lowest BCUT2D eigenvalue weighted by atomic mass is 10.0. The van der Waals surface area contributed by atoms with Crippen LogP contribution in [-0.4, -0.2) is 51.1 Å². The van der Waals surface area contributed by atoms with Crippen molar-refractivity contribution < 1.29 is 35.9 Å². The standard InChI is InChI=1S/C22H15ClF6N4O2/c23-16-8-30-6-5-15(16)20-19(12-1-3-13(4-2-12)22(27,28)29)31-9-17(32-20)35-14-10-33(11-14)18(34)7-21(24,25)26/h1-6,8-9,14H,7,10-11H2. The number of aromatic nitrogens is 3. The highest BCUT2D eigenvalue weighted by Gasteiger charge is 2.39. The van der Waals surface area contributed by atoms with Crippen molar-refractivity contribution in [3.8, 4) is 28.4 Å². The van der Waals surface area contributed by atoms with E-state index in [1.54, 1.807) is 6.07 Å². The SMILES string of the molecule is O=C(CC(F)(F)F)N1CC(Oc2cnc(-c3ccc(C(F)(F)F)cc3)c(-c3ccncc3Cl)n2)C1. The lowest BCUT2D eigenvalue weighted by molar-refractivity contribution is -0.167. The van der Waals surface area contributed by atoms with Gasteiger partial charge in [0.15, 0.2) is 0 Å². The van der Waals surface area contributed by atoms with E-state index >= 15 is 0 Å². The number of likely N-dealkylation sites (tertiary alicyclic amines) is 1. The Morgan fingerprint density at radius 1 is 1.03 bits per heavy atom. The lowest BCUT2D eigenvalue weighted by Gasteiger charge is -2.38. The highest BCUT2D eigenvalue weighted by atomic mass is 35.5. The fraction of sp³-hybridized carbons (Fsp3) is 0.273. The topological polar surface area (TPSA) is 68.2 Å². The molecule has 3 aromatic rings. The van der Waals surface area contributed by atoms with E-state index in [0.29, 0.717) is 11.1 Å². The highest BCUT2D eigenvalue weighted by Crippen LogP contribution is 2.36. The fourth-order valence-electron chi connectivity index (χ4n) is 3.38. The molecule has 1 aromatic carbocycles. The summed E-state index contributed by atoms with van der Waals surface area (Å²) in [5.74, 6) is -1.04. The Balaban J connectivity index is 1.58. The van der Waals surface area contributed by atoms with Crippen molar-refractivity contribution in [3.05, 3.63) is 59.5 Å². The number of alkyl halides is 6. The highest BCUT2D eigenvalue weighted by molar-refractivity contribution is 6.33. The first-order valence-electron chi connectivity index (χ1n) is 10.1. The number of pyridine rings is 1. The van der Waals surface area contributed by atoms with Gasteiger partial charge < -0.3 is 9.64 Å². The molecule has 1 saturated heterocycles. The first-order valence-corrected chi connectivity index (χ1v) is 10.4. The Bertz CT molecular complexity index is 1230. The minimum atomic E-state index is -4.60. The number of hydrogen-bond donors (Lipinski definition) is 0. The Kier molecular flexibility index (Phi) is 6.58. The Morgan fingerprint density at radius 2 is 1.71 bits per heavy atom. The molecule has 3 heterocycles. The molecule has 1 amide bonds. The molecule has 0 aliphatic carbocycles. The summed E-state index contributed by atoms with van der Waals surface area (Å²) in [6.45, 7) is -0.106. The van der Waals surface area contributed by atoms with Crippen molar-refractivity contribution in [1.29, 1.82) is 0 Å². The zero-order chi connectivity index (χ0) is 25.4. The van der Waals surface area contributed by atoms with Crippen molar-refractivity contribution in [1.82, 2.24) is 19.9 Å². The third kappa shape index (κ3) is 5.81. The number of ether oxygens (including phenoxy) is 1. The summed E-state index contributed by atoms with van der Waals surface area (Å²) in [4.78, 5) is 25.2. The van der Waals surface area contributed by atoms with Gasteiger partial charge in [-0.15, -0.1) is 0 Å². The normalized spacial score (nSPS) is 14.5. The second kappa shape index (κ2) is 9.33. The molecule has 0 unspecified atom stereocenters. The molecule has 1 aliphatic rings. The van der Waals surface area contributed by atoms with Gasteiger partial charge in [0.25, 0.3) is 0 Å². The molecular formula is C22H15ClF6N4O2. The van der Waals surface area contributed by atoms with Gasteiger partial charge in [-0.05, 0) is 18.2 Å². The van der Waals surface area contributed by atoms with Gasteiger partial charge in [-0.3, -0.25) is 9.78 Å². The molecule has 2 aromatic heterocycles. The molecular weight excluding hydrogens is 502 g/mol. The van der Waals surface area contributed by atoms with Crippen LogP contribution in [0.3, 0.4) is 0 Å². The van der Waals surface area contributed by atoms with E-state index in [1.165, 1.54) is 30.7 Å². The van der Waals surface area contributed by atoms with Crippen LogP contribution in [0.15, 0.2) is 48.9 Å². The number of benzene rings is 1. The van der Waals surface area contributed by atoms with Crippen molar-refractivity contribution in [2.24, 2.45) is 0 Å².